The molecule has 6 nitrogen and oxygen atoms in total. The molecule has 0 saturated carbocycles. The molecule has 26 heavy (non-hydrogen) atoms. The number of pyridine rings is 1. The highest BCUT2D eigenvalue weighted by molar-refractivity contribution is 6.02. The lowest BCUT2D eigenvalue weighted by Crippen LogP contribution is -2.08. The van der Waals surface area contributed by atoms with Crippen LogP contribution in [0.25, 0.3) is 17.2 Å². The van der Waals surface area contributed by atoms with Crippen molar-refractivity contribution in [3.63, 3.8) is 0 Å². The summed E-state index contributed by atoms with van der Waals surface area (Å²) in [5, 5.41) is 6.83. The Morgan fingerprint density at radius 1 is 1.31 bits per heavy atom. The molecular weight excluding hydrogens is 335 g/mol. The average Bonchev–Trinajstić information content (AvgIpc) is 3.08. The van der Waals surface area contributed by atoms with Crippen molar-refractivity contribution in [3.05, 3.63) is 66.5 Å². The van der Waals surface area contributed by atoms with Crippen LogP contribution >= 0.6 is 0 Å². The van der Waals surface area contributed by atoms with Crippen LogP contribution in [0, 0.1) is 5.82 Å². The molecule has 3 rings (SSSR count). The normalized spacial score (nSPS) is 10.9. The van der Waals surface area contributed by atoms with E-state index in [9.17, 15) is 9.18 Å². The van der Waals surface area contributed by atoms with Crippen molar-refractivity contribution in [2.45, 2.75) is 0 Å². The molecule has 7 heteroatoms. The third-order valence-corrected chi connectivity index (χ3v) is 3.70. The Hall–Kier alpha value is -3.48. The number of rotatable bonds is 5. The van der Waals surface area contributed by atoms with E-state index in [0.717, 1.165) is 16.7 Å². The largest absolute Gasteiger partial charge is 0.494 e. The fourth-order valence-electron chi connectivity index (χ4n) is 2.45. The lowest BCUT2D eigenvalue weighted by molar-refractivity contribution is -0.111. The first-order valence-corrected chi connectivity index (χ1v) is 7.82. The van der Waals surface area contributed by atoms with E-state index in [4.69, 9.17) is 4.74 Å². The van der Waals surface area contributed by atoms with E-state index in [-0.39, 0.29) is 11.7 Å². The van der Waals surface area contributed by atoms with Crippen LogP contribution < -0.4 is 10.1 Å². The van der Waals surface area contributed by atoms with Crippen LogP contribution in [0.5, 0.6) is 5.75 Å². The number of aromatic nitrogens is 3. The summed E-state index contributed by atoms with van der Waals surface area (Å²) < 4.78 is 20.0. The molecule has 0 unspecified atom stereocenters. The highest BCUT2D eigenvalue weighted by atomic mass is 19.1. The molecule has 0 saturated heterocycles. The number of nitrogens with one attached hydrogen (secondary N) is 1. The van der Waals surface area contributed by atoms with Crippen molar-refractivity contribution in [2.24, 2.45) is 7.05 Å². The molecule has 2 heterocycles. The Morgan fingerprint density at radius 3 is 2.88 bits per heavy atom. The second-order valence-electron chi connectivity index (χ2n) is 5.54. The number of hydrogen-bond acceptors (Lipinski definition) is 4. The summed E-state index contributed by atoms with van der Waals surface area (Å²) in [4.78, 5) is 16.3. The van der Waals surface area contributed by atoms with Gasteiger partial charge in [-0.05, 0) is 29.8 Å². The summed E-state index contributed by atoms with van der Waals surface area (Å²) in [5.41, 5.74) is 3.07. The Balaban J connectivity index is 1.77. The molecule has 0 aliphatic carbocycles. The van der Waals surface area contributed by atoms with Crippen molar-refractivity contribution in [3.8, 4) is 16.9 Å². The van der Waals surface area contributed by atoms with E-state index >= 15 is 0 Å². The van der Waals surface area contributed by atoms with Gasteiger partial charge in [0.05, 0.1) is 13.3 Å². The molecule has 132 valence electrons. The number of hydrogen-bond donors (Lipinski definition) is 1. The van der Waals surface area contributed by atoms with Gasteiger partial charge in [-0.1, -0.05) is 0 Å². The molecule has 1 N–H and O–H groups in total. The molecule has 1 aromatic carbocycles. The number of halogens is 1. The van der Waals surface area contributed by atoms with Gasteiger partial charge in [-0.15, -0.1) is 0 Å². The third-order valence-electron chi connectivity index (χ3n) is 3.70. The molecule has 2 aromatic heterocycles. The number of carbonyl (C=O) groups excluding carboxylic acids is 1. The van der Waals surface area contributed by atoms with Gasteiger partial charge in [0, 0.05) is 54.6 Å². The number of amides is 1. The summed E-state index contributed by atoms with van der Waals surface area (Å²) in [7, 11) is 3.21. The van der Waals surface area contributed by atoms with Crippen molar-refractivity contribution in [1.29, 1.82) is 0 Å². The zero-order valence-electron chi connectivity index (χ0n) is 14.3. The van der Waals surface area contributed by atoms with Crippen LogP contribution in [-0.4, -0.2) is 27.8 Å². The van der Waals surface area contributed by atoms with Crippen LogP contribution in [0.15, 0.2) is 55.1 Å². The summed E-state index contributed by atoms with van der Waals surface area (Å²) in [6.07, 6.45) is 10.1. The molecule has 0 aliphatic rings. The van der Waals surface area contributed by atoms with Gasteiger partial charge >= 0.3 is 0 Å². The van der Waals surface area contributed by atoms with Gasteiger partial charge in [-0.25, -0.2) is 4.39 Å². The molecule has 0 bridgehead atoms. The van der Waals surface area contributed by atoms with Gasteiger partial charge < -0.3 is 10.1 Å². The summed E-state index contributed by atoms with van der Waals surface area (Å²) in [5.74, 6) is -0.768. The lowest BCUT2D eigenvalue weighted by Gasteiger charge is -2.06. The SMILES string of the molecule is COc1cc(NC(=O)C=Cc2cnccc2-c2cnn(C)c2)ccc1F. The summed E-state index contributed by atoms with van der Waals surface area (Å²) >= 11 is 0. The van der Waals surface area contributed by atoms with Gasteiger partial charge in [-0.3, -0.25) is 14.5 Å². The van der Waals surface area contributed by atoms with E-state index in [1.165, 1.54) is 31.4 Å². The first kappa shape index (κ1) is 17.3. The minimum absolute atomic E-state index is 0.0675. The van der Waals surface area contributed by atoms with E-state index in [1.54, 1.807) is 29.3 Å². The zero-order chi connectivity index (χ0) is 18.5. The quantitative estimate of drug-likeness (QED) is 0.716. The molecule has 0 fully saturated rings. The first-order chi connectivity index (χ1) is 12.6. The highest BCUT2D eigenvalue weighted by Gasteiger charge is 2.07. The van der Waals surface area contributed by atoms with Gasteiger partial charge in [0.15, 0.2) is 11.6 Å². The number of carbonyl (C=O) groups is 1. The minimum Gasteiger partial charge on any atom is -0.494 e. The third kappa shape index (κ3) is 3.94. The number of anilines is 1. The van der Waals surface area contributed by atoms with Crippen molar-refractivity contribution >= 4 is 17.7 Å². The number of aryl methyl sites for hydroxylation is 1. The number of ether oxygens (including phenoxy) is 1. The maximum atomic E-state index is 13.4. The van der Waals surface area contributed by atoms with Crippen LogP contribution in [-0.2, 0) is 11.8 Å². The van der Waals surface area contributed by atoms with Gasteiger partial charge in [0.2, 0.25) is 5.91 Å². The van der Waals surface area contributed by atoms with Crippen molar-refractivity contribution in [1.82, 2.24) is 14.8 Å². The van der Waals surface area contributed by atoms with Crippen LogP contribution in [0.4, 0.5) is 10.1 Å². The Labute approximate surface area is 149 Å². The van der Waals surface area contributed by atoms with Gasteiger partial charge in [0.25, 0.3) is 0 Å². The smallest absolute Gasteiger partial charge is 0.248 e. The fraction of sp³-hybridized carbons (Fsp3) is 0.105. The number of benzene rings is 1. The predicted octanol–water partition coefficient (Wildman–Crippen LogP) is 3.28. The maximum Gasteiger partial charge on any atom is 0.248 e. The second kappa shape index (κ2) is 7.60. The van der Waals surface area contributed by atoms with Gasteiger partial charge in [-0.2, -0.15) is 5.10 Å². The zero-order valence-corrected chi connectivity index (χ0v) is 14.3. The first-order valence-electron chi connectivity index (χ1n) is 7.82. The second-order valence-corrected chi connectivity index (χ2v) is 5.54. The van der Waals surface area contributed by atoms with Crippen LogP contribution in [0.3, 0.4) is 0 Å². The molecule has 0 atom stereocenters. The minimum atomic E-state index is -0.488. The number of nitrogens with zero attached hydrogens (tertiary/aromatic N) is 3. The van der Waals surface area contributed by atoms with Crippen LogP contribution in [0.2, 0.25) is 0 Å². The van der Waals surface area contributed by atoms with E-state index in [2.05, 4.69) is 15.4 Å². The van der Waals surface area contributed by atoms with E-state index < -0.39 is 5.82 Å². The molecule has 0 radical (unpaired) electrons. The summed E-state index contributed by atoms with van der Waals surface area (Å²) in [6, 6.07) is 5.99. The van der Waals surface area contributed by atoms with Crippen LogP contribution in [0.1, 0.15) is 5.56 Å². The summed E-state index contributed by atoms with van der Waals surface area (Å²) in [6.45, 7) is 0. The highest BCUT2D eigenvalue weighted by Crippen LogP contribution is 2.24. The predicted molar refractivity (Wildman–Crippen MR) is 97.1 cm³/mol. The van der Waals surface area contributed by atoms with Gasteiger partial charge in [0.1, 0.15) is 0 Å². The fourth-order valence-corrected chi connectivity index (χ4v) is 2.45. The lowest BCUT2D eigenvalue weighted by atomic mass is 10.0. The monoisotopic (exact) mass is 352 g/mol. The average molecular weight is 352 g/mol. The maximum absolute atomic E-state index is 13.4. The molecule has 0 spiro atoms. The van der Waals surface area contributed by atoms with E-state index in [1.807, 2.05) is 19.3 Å². The number of methoxy groups -OCH3 is 1. The topological polar surface area (TPSA) is 69.0 Å². The Bertz CT molecular complexity index is 966. The van der Waals surface area contributed by atoms with Crippen molar-refractivity contribution in [2.75, 3.05) is 12.4 Å². The Morgan fingerprint density at radius 2 is 2.15 bits per heavy atom. The Kier molecular flexibility index (Phi) is 5.07. The molecular formula is C19H17FN4O2. The molecule has 1 amide bonds. The van der Waals surface area contributed by atoms with Crippen molar-refractivity contribution < 1.29 is 13.9 Å². The molecule has 3 aromatic rings. The van der Waals surface area contributed by atoms with E-state index in [0.29, 0.717) is 5.69 Å². The standard InChI is InChI=1S/C19H17FN4O2/c1-24-12-14(11-22-24)16-7-8-21-10-13(16)3-6-19(25)23-15-4-5-17(20)18(9-15)26-2/h3-12H,1-2H3,(H,23,25). The molecule has 0 aliphatic heterocycles.